The zero-order chi connectivity index (χ0) is 8.60. The molecule has 0 bridgehead atoms. The van der Waals surface area contributed by atoms with Gasteiger partial charge >= 0.3 is 0 Å². The minimum atomic E-state index is -0.462. The van der Waals surface area contributed by atoms with Crippen LogP contribution in [0, 0.1) is 5.92 Å². The van der Waals surface area contributed by atoms with Crippen molar-refractivity contribution in [2.75, 3.05) is 0 Å². The highest BCUT2D eigenvalue weighted by Crippen LogP contribution is 2.46. The van der Waals surface area contributed by atoms with Crippen LogP contribution in [0.25, 0.3) is 0 Å². The zero-order valence-corrected chi connectivity index (χ0v) is 7.68. The molecule has 0 aromatic heterocycles. The van der Waals surface area contributed by atoms with Crippen molar-refractivity contribution in [3.8, 4) is 0 Å². The Morgan fingerprint density at radius 2 is 2.00 bits per heavy atom. The van der Waals surface area contributed by atoms with Gasteiger partial charge in [-0.25, -0.2) is 0 Å². The van der Waals surface area contributed by atoms with Gasteiger partial charge in [-0.2, -0.15) is 0 Å². The number of fused-ring (bicyclic) bond motifs is 1. The van der Waals surface area contributed by atoms with E-state index in [2.05, 4.69) is 6.58 Å². The fourth-order valence-electron chi connectivity index (χ4n) is 2.86. The van der Waals surface area contributed by atoms with E-state index in [1.54, 1.807) is 0 Å². The standard InChI is InChI=1S/C11H18O/c1-9-5-2-3-6-10-7-4-8-11(9,10)12/h10,12H,1-8H2/t10-,11+/m1/s1. The molecule has 0 aromatic carbocycles. The molecule has 0 amide bonds. The summed E-state index contributed by atoms with van der Waals surface area (Å²) in [5.41, 5.74) is 0.652. The van der Waals surface area contributed by atoms with E-state index in [4.69, 9.17) is 0 Å². The summed E-state index contributed by atoms with van der Waals surface area (Å²) in [5.74, 6) is 0.535. The van der Waals surface area contributed by atoms with Crippen molar-refractivity contribution in [2.24, 2.45) is 5.92 Å². The molecule has 2 aliphatic rings. The fourth-order valence-corrected chi connectivity index (χ4v) is 2.86. The van der Waals surface area contributed by atoms with Gasteiger partial charge in [0.1, 0.15) is 0 Å². The van der Waals surface area contributed by atoms with E-state index in [0.29, 0.717) is 5.92 Å². The summed E-state index contributed by atoms with van der Waals surface area (Å²) < 4.78 is 0. The average Bonchev–Trinajstić information content (AvgIpc) is 2.37. The van der Waals surface area contributed by atoms with E-state index in [-0.39, 0.29) is 0 Å². The minimum absolute atomic E-state index is 0.462. The van der Waals surface area contributed by atoms with E-state index < -0.39 is 5.60 Å². The summed E-state index contributed by atoms with van der Waals surface area (Å²) in [6, 6.07) is 0. The number of aliphatic hydroxyl groups is 1. The molecule has 0 spiro atoms. The van der Waals surface area contributed by atoms with Crippen LogP contribution in [0.2, 0.25) is 0 Å². The van der Waals surface area contributed by atoms with Gasteiger partial charge in [-0.15, -0.1) is 0 Å². The third kappa shape index (κ3) is 1.11. The molecular formula is C11H18O. The molecule has 0 unspecified atom stereocenters. The molecule has 0 aliphatic heterocycles. The summed E-state index contributed by atoms with van der Waals surface area (Å²) in [6.07, 6.45) is 8.17. The van der Waals surface area contributed by atoms with E-state index in [1.165, 1.54) is 32.1 Å². The second-order valence-electron chi connectivity index (χ2n) is 4.36. The largest absolute Gasteiger partial charge is 0.385 e. The summed E-state index contributed by atoms with van der Waals surface area (Å²) in [6.45, 7) is 4.04. The molecule has 2 aliphatic carbocycles. The van der Waals surface area contributed by atoms with Crippen LogP contribution in [0.1, 0.15) is 44.9 Å². The van der Waals surface area contributed by atoms with Crippen LogP contribution in [-0.4, -0.2) is 10.7 Å². The minimum Gasteiger partial charge on any atom is -0.385 e. The van der Waals surface area contributed by atoms with Gasteiger partial charge in [-0.3, -0.25) is 0 Å². The van der Waals surface area contributed by atoms with Gasteiger partial charge in [0.25, 0.3) is 0 Å². The fraction of sp³-hybridized carbons (Fsp3) is 0.818. The Morgan fingerprint density at radius 1 is 1.25 bits per heavy atom. The molecule has 2 rings (SSSR count). The van der Waals surface area contributed by atoms with Crippen LogP contribution in [0.4, 0.5) is 0 Å². The number of rotatable bonds is 0. The van der Waals surface area contributed by atoms with E-state index in [0.717, 1.165) is 18.4 Å². The topological polar surface area (TPSA) is 20.2 Å². The molecule has 12 heavy (non-hydrogen) atoms. The Bertz CT molecular complexity index is 197. The van der Waals surface area contributed by atoms with Gasteiger partial charge in [0.05, 0.1) is 5.60 Å². The average molecular weight is 166 g/mol. The number of hydrogen-bond acceptors (Lipinski definition) is 1. The molecule has 1 nitrogen and oxygen atoms in total. The first-order valence-electron chi connectivity index (χ1n) is 5.14. The molecule has 2 fully saturated rings. The van der Waals surface area contributed by atoms with Crippen molar-refractivity contribution in [1.82, 2.24) is 0 Å². The van der Waals surface area contributed by atoms with Gasteiger partial charge in [-0.1, -0.05) is 13.0 Å². The quantitative estimate of drug-likeness (QED) is 0.548. The Morgan fingerprint density at radius 3 is 2.83 bits per heavy atom. The Balaban J connectivity index is 2.23. The normalized spacial score (nSPS) is 42.4. The van der Waals surface area contributed by atoms with Crippen molar-refractivity contribution in [1.29, 1.82) is 0 Å². The van der Waals surface area contributed by atoms with Gasteiger partial charge in [-0.05, 0) is 50.0 Å². The van der Waals surface area contributed by atoms with E-state index in [1.807, 2.05) is 0 Å². The molecule has 1 heteroatoms. The maximum absolute atomic E-state index is 10.4. The zero-order valence-electron chi connectivity index (χ0n) is 7.68. The maximum Gasteiger partial charge on any atom is 0.0882 e. The maximum atomic E-state index is 10.4. The lowest BCUT2D eigenvalue weighted by molar-refractivity contribution is 0.0379. The van der Waals surface area contributed by atoms with Crippen LogP contribution < -0.4 is 0 Å². The van der Waals surface area contributed by atoms with Crippen molar-refractivity contribution < 1.29 is 5.11 Å². The molecule has 2 atom stereocenters. The Kier molecular flexibility index (Phi) is 1.99. The van der Waals surface area contributed by atoms with Crippen LogP contribution >= 0.6 is 0 Å². The predicted molar refractivity (Wildman–Crippen MR) is 49.9 cm³/mol. The molecule has 0 heterocycles. The molecule has 2 saturated carbocycles. The van der Waals surface area contributed by atoms with Crippen molar-refractivity contribution in [3.05, 3.63) is 12.2 Å². The lowest BCUT2D eigenvalue weighted by Crippen LogP contribution is -2.33. The van der Waals surface area contributed by atoms with Crippen LogP contribution in [0.3, 0.4) is 0 Å². The third-order valence-electron chi connectivity index (χ3n) is 3.68. The first-order chi connectivity index (χ1) is 5.73. The predicted octanol–water partition coefficient (Wildman–Crippen LogP) is 2.65. The second-order valence-corrected chi connectivity index (χ2v) is 4.36. The Hall–Kier alpha value is -0.300. The first-order valence-corrected chi connectivity index (χ1v) is 5.14. The molecule has 0 saturated heterocycles. The highest BCUT2D eigenvalue weighted by atomic mass is 16.3. The summed E-state index contributed by atoms with van der Waals surface area (Å²) in [5, 5.41) is 10.4. The monoisotopic (exact) mass is 166 g/mol. The van der Waals surface area contributed by atoms with Crippen LogP contribution in [-0.2, 0) is 0 Å². The smallest absolute Gasteiger partial charge is 0.0882 e. The lowest BCUT2D eigenvalue weighted by Gasteiger charge is -2.30. The first kappa shape index (κ1) is 8.31. The molecule has 0 aromatic rings. The van der Waals surface area contributed by atoms with E-state index in [9.17, 15) is 5.11 Å². The molecule has 68 valence electrons. The summed E-state index contributed by atoms with van der Waals surface area (Å²) >= 11 is 0. The lowest BCUT2D eigenvalue weighted by atomic mass is 9.83. The van der Waals surface area contributed by atoms with Crippen molar-refractivity contribution in [3.63, 3.8) is 0 Å². The highest BCUT2D eigenvalue weighted by molar-refractivity contribution is 5.18. The second kappa shape index (κ2) is 2.88. The highest BCUT2D eigenvalue weighted by Gasteiger charge is 2.43. The summed E-state index contributed by atoms with van der Waals surface area (Å²) in [4.78, 5) is 0. The van der Waals surface area contributed by atoms with E-state index >= 15 is 0 Å². The van der Waals surface area contributed by atoms with Gasteiger partial charge in [0.15, 0.2) is 0 Å². The summed E-state index contributed by atoms with van der Waals surface area (Å²) in [7, 11) is 0. The van der Waals surface area contributed by atoms with Crippen molar-refractivity contribution >= 4 is 0 Å². The molecular weight excluding hydrogens is 148 g/mol. The molecule has 0 radical (unpaired) electrons. The number of hydrogen-bond donors (Lipinski definition) is 1. The Labute approximate surface area is 74.5 Å². The van der Waals surface area contributed by atoms with Crippen molar-refractivity contribution in [2.45, 2.75) is 50.5 Å². The van der Waals surface area contributed by atoms with Gasteiger partial charge in [0.2, 0.25) is 0 Å². The van der Waals surface area contributed by atoms with Gasteiger partial charge < -0.3 is 5.11 Å². The SMILES string of the molecule is C=C1CCCC[C@@H]2CCC[C@]12O. The van der Waals surface area contributed by atoms with Crippen LogP contribution in [0.15, 0.2) is 12.2 Å². The van der Waals surface area contributed by atoms with Crippen LogP contribution in [0.5, 0.6) is 0 Å². The van der Waals surface area contributed by atoms with Gasteiger partial charge in [0, 0.05) is 0 Å². The third-order valence-corrected chi connectivity index (χ3v) is 3.68. The molecule has 1 N–H and O–H groups in total.